The predicted octanol–water partition coefficient (Wildman–Crippen LogP) is 2.65. The maximum atomic E-state index is 14.4. The Balaban J connectivity index is 1.67. The standard InChI is InChI=1S/C26H30ClN3O4S/c1-16-8-4-9-17(27)20(16)29-13-6-11-26-19(23(33)30(14-7-15-31)21(26)24(29)34)18-22(32)28(3)12-5-10-25(18,2)35-26/h4-6,8-11,18-19,21,31H,7,12-15H2,1-3H3/t18-,19+,21?,25+,26+/m1/s1. The fraction of sp³-hybridized carbons (Fsp3) is 0.500. The number of rotatable bonds is 4. The van der Waals surface area contributed by atoms with Gasteiger partial charge in [0.25, 0.3) is 5.91 Å². The molecule has 5 atom stereocenters. The number of hydrogen-bond acceptors (Lipinski definition) is 5. The van der Waals surface area contributed by atoms with Gasteiger partial charge in [0.2, 0.25) is 11.8 Å². The van der Waals surface area contributed by atoms with Crippen LogP contribution in [0.5, 0.6) is 0 Å². The molecular formula is C26H30ClN3O4S. The van der Waals surface area contributed by atoms with Gasteiger partial charge in [-0.2, -0.15) is 0 Å². The van der Waals surface area contributed by atoms with Crippen LogP contribution in [-0.2, 0) is 14.4 Å². The van der Waals surface area contributed by atoms with Crippen LogP contribution in [0.4, 0.5) is 5.69 Å². The number of nitrogens with zero attached hydrogens (tertiary/aromatic N) is 3. The summed E-state index contributed by atoms with van der Waals surface area (Å²) in [5, 5.41) is 10.0. The number of benzene rings is 1. The molecule has 0 bridgehead atoms. The Bertz CT molecular complexity index is 1140. The van der Waals surface area contributed by atoms with Crippen LogP contribution in [0.2, 0.25) is 5.02 Å². The number of carbonyl (C=O) groups is 3. The first-order chi connectivity index (χ1) is 16.7. The maximum absolute atomic E-state index is 14.4. The molecule has 5 rings (SSSR count). The van der Waals surface area contributed by atoms with E-state index in [1.54, 1.807) is 39.6 Å². The van der Waals surface area contributed by atoms with Crippen LogP contribution in [0.1, 0.15) is 18.9 Å². The molecule has 0 aliphatic carbocycles. The van der Waals surface area contributed by atoms with Gasteiger partial charge in [-0.15, -0.1) is 11.8 Å². The largest absolute Gasteiger partial charge is 0.396 e. The lowest BCUT2D eigenvalue weighted by atomic mass is 9.74. The molecule has 1 aromatic rings. The van der Waals surface area contributed by atoms with Gasteiger partial charge in [-0.05, 0) is 31.9 Å². The van der Waals surface area contributed by atoms with Gasteiger partial charge in [-0.25, -0.2) is 0 Å². The van der Waals surface area contributed by atoms with E-state index < -0.39 is 27.4 Å². The van der Waals surface area contributed by atoms with Crippen LogP contribution in [0.25, 0.3) is 0 Å². The van der Waals surface area contributed by atoms with E-state index in [0.717, 1.165) is 5.56 Å². The summed E-state index contributed by atoms with van der Waals surface area (Å²) >= 11 is 8.12. The van der Waals surface area contributed by atoms with Gasteiger partial charge in [0, 0.05) is 38.0 Å². The first-order valence-corrected chi connectivity index (χ1v) is 13.1. The molecule has 35 heavy (non-hydrogen) atoms. The minimum Gasteiger partial charge on any atom is -0.396 e. The van der Waals surface area contributed by atoms with Crippen molar-refractivity contribution in [2.75, 3.05) is 38.2 Å². The fourth-order valence-corrected chi connectivity index (χ4v) is 8.77. The summed E-state index contributed by atoms with van der Waals surface area (Å²) in [6.45, 7) is 4.88. The maximum Gasteiger partial charge on any atom is 0.251 e. The molecule has 7 nitrogen and oxygen atoms in total. The first kappa shape index (κ1) is 24.4. The number of aliphatic hydroxyl groups is 1. The Kier molecular flexibility index (Phi) is 6.05. The van der Waals surface area contributed by atoms with Crippen molar-refractivity contribution in [1.29, 1.82) is 0 Å². The summed E-state index contributed by atoms with van der Waals surface area (Å²) in [6.07, 6.45) is 8.31. The fourth-order valence-electron chi connectivity index (χ4n) is 6.29. The van der Waals surface area contributed by atoms with Crippen molar-refractivity contribution in [3.05, 3.63) is 53.1 Å². The lowest BCUT2D eigenvalue weighted by Gasteiger charge is -2.37. The number of aryl methyl sites for hydroxylation is 1. The number of aliphatic hydroxyl groups excluding tert-OH is 1. The van der Waals surface area contributed by atoms with Gasteiger partial charge in [-0.1, -0.05) is 48.0 Å². The summed E-state index contributed by atoms with van der Waals surface area (Å²) in [5.41, 5.74) is 1.51. The normalized spacial score (nSPS) is 34.1. The highest BCUT2D eigenvalue weighted by Crippen LogP contribution is 2.65. The predicted molar refractivity (Wildman–Crippen MR) is 137 cm³/mol. The van der Waals surface area contributed by atoms with E-state index in [4.69, 9.17) is 11.6 Å². The molecule has 9 heteroatoms. The second-order valence-corrected chi connectivity index (χ2v) is 12.2. The molecule has 1 unspecified atom stereocenters. The van der Waals surface area contributed by atoms with Crippen molar-refractivity contribution in [3.8, 4) is 0 Å². The summed E-state index contributed by atoms with van der Waals surface area (Å²) in [6, 6.07) is 4.71. The Morgan fingerprint density at radius 3 is 2.54 bits per heavy atom. The minimum atomic E-state index is -0.898. The summed E-state index contributed by atoms with van der Waals surface area (Å²) < 4.78 is -1.52. The Morgan fingerprint density at radius 2 is 1.83 bits per heavy atom. The highest BCUT2D eigenvalue weighted by atomic mass is 35.5. The van der Waals surface area contributed by atoms with Crippen molar-refractivity contribution in [1.82, 2.24) is 9.80 Å². The van der Waals surface area contributed by atoms with Gasteiger partial charge in [0.05, 0.1) is 27.3 Å². The van der Waals surface area contributed by atoms with E-state index in [0.29, 0.717) is 30.2 Å². The number of carbonyl (C=O) groups excluding carboxylic acids is 3. The molecule has 4 aliphatic heterocycles. The third kappa shape index (κ3) is 3.48. The van der Waals surface area contributed by atoms with Crippen LogP contribution >= 0.6 is 23.4 Å². The third-order valence-electron chi connectivity index (χ3n) is 7.77. The molecule has 0 radical (unpaired) electrons. The second-order valence-electron chi connectivity index (χ2n) is 9.98. The third-order valence-corrected chi connectivity index (χ3v) is 9.88. The van der Waals surface area contributed by atoms with Gasteiger partial charge in [0.15, 0.2) is 0 Å². The van der Waals surface area contributed by atoms with E-state index in [1.165, 1.54) is 0 Å². The molecular weight excluding hydrogens is 486 g/mol. The number of hydrogen-bond donors (Lipinski definition) is 1. The molecule has 3 amide bonds. The summed E-state index contributed by atoms with van der Waals surface area (Å²) in [5.74, 6) is -1.75. The second kappa shape index (κ2) is 8.68. The van der Waals surface area contributed by atoms with Gasteiger partial charge in [-0.3, -0.25) is 14.4 Å². The van der Waals surface area contributed by atoms with Crippen molar-refractivity contribution < 1.29 is 19.5 Å². The number of likely N-dealkylation sites (N-methyl/N-ethyl adjacent to an activating group) is 1. The molecule has 4 aliphatic rings. The number of anilines is 1. The smallest absolute Gasteiger partial charge is 0.251 e. The van der Waals surface area contributed by atoms with Gasteiger partial charge in [0.1, 0.15) is 6.04 Å². The molecule has 1 N–H and O–H groups in total. The number of likely N-dealkylation sites (tertiary alicyclic amines) is 1. The minimum absolute atomic E-state index is 0.0770. The van der Waals surface area contributed by atoms with E-state index in [-0.39, 0.29) is 30.9 Å². The number of thioether (sulfide) groups is 1. The highest BCUT2D eigenvalue weighted by molar-refractivity contribution is 8.02. The molecule has 0 aromatic heterocycles. The van der Waals surface area contributed by atoms with E-state index >= 15 is 0 Å². The molecule has 2 saturated heterocycles. The van der Waals surface area contributed by atoms with Crippen molar-refractivity contribution in [2.24, 2.45) is 11.8 Å². The molecule has 186 valence electrons. The van der Waals surface area contributed by atoms with Crippen molar-refractivity contribution >= 4 is 46.8 Å². The van der Waals surface area contributed by atoms with Crippen molar-refractivity contribution in [3.63, 3.8) is 0 Å². The van der Waals surface area contributed by atoms with Crippen LogP contribution in [0, 0.1) is 18.8 Å². The average molecular weight is 516 g/mol. The Hall–Kier alpha value is -2.29. The Morgan fingerprint density at radius 1 is 1.09 bits per heavy atom. The van der Waals surface area contributed by atoms with Crippen LogP contribution in [0.15, 0.2) is 42.5 Å². The average Bonchev–Trinajstić information content (AvgIpc) is 3.08. The first-order valence-electron chi connectivity index (χ1n) is 11.9. The molecule has 0 saturated carbocycles. The summed E-state index contributed by atoms with van der Waals surface area (Å²) in [4.78, 5) is 46.9. The lowest BCUT2D eigenvalue weighted by molar-refractivity contribution is -0.143. The molecule has 2 fully saturated rings. The number of halogens is 1. The van der Waals surface area contributed by atoms with Crippen LogP contribution in [-0.4, -0.2) is 81.5 Å². The van der Waals surface area contributed by atoms with E-state index in [9.17, 15) is 19.5 Å². The zero-order valence-corrected chi connectivity index (χ0v) is 21.7. The van der Waals surface area contributed by atoms with E-state index in [2.05, 4.69) is 0 Å². The Labute approximate surface area is 214 Å². The van der Waals surface area contributed by atoms with Gasteiger partial charge < -0.3 is 19.8 Å². The van der Waals surface area contributed by atoms with Crippen molar-refractivity contribution in [2.45, 2.75) is 35.8 Å². The monoisotopic (exact) mass is 515 g/mol. The van der Waals surface area contributed by atoms with Crippen LogP contribution < -0.4 is 4.90 Å². The zero-order chi connectivity index (χ0) is 25.1. The number of fused-ring (bicyclic) bond motifs is 2. The SMILES string of the molecule is Cc1cccc(Cl)c1N1CC=C[C@]23S[C@@]4(C)C=CCN(C)C(=O)[C@H]4[C@H]2C(=O)N(CCCO)C3C1=O. The molecule has 1 aromatic carbocycles. The zero-order valence-electron chi connectivity index (χ0n) is 20.1. The lowest BCUT2D eigenvalue weighted by Crippen LogP contribution is -2.53. The number of para-hydroxylation sites is 1. The van der Waals surface area contributed by atoms with Gasteiger partial charge >= 0.3 is 0 Å². The molecule has 1 spiro atoms. The summed E-state index contributed by atoms with van der Waals surface area (Å²) in [7, 11) is 1.75. The quantitative estimate of drug-likeness (QED) is 0.623. The molecule has 4 heterocycles. The highest BCUT2D eigenvalue weighted by Gasteiger charge is 2.73. The topological polar surface area (TPSA) is 81.2 Å². The number of amides is 3. The van der Waals surface area contributed by atoms with Crippen LogP contribution in [0.3, 0.4) is 0 Å². The van der Waals surface area contributed by atoms with E-state index in [1.807, 2.05) is 50.3 Å².